The van der Waals surface area contributed by atoms with Gasteiger partial charge in [-0.3, -0.25) is 4.79 Å². The van der Waals surface area contributed by atoms with Gasteiger partial charge in [-0.25, -0.2) is 15.0 Å². The Morgan fingerprint density at radius 2 is 2.18 bits per heavy atom. The summed E-state index contributed by atoms with van der Waals surface area (Å²) >= 11 is 0. The number of aromatic nitrogens is 4. The standard InChI is InChI=1S/C10H13N5O2/c1-10(2,17)6(16)3-15-5-14-7-8(11)12-4-13-9(7)15/h4-5,17H,3H2,1-2H3,(H2,11,12,13). The number of ketones is 1. The zero-order chi connectivity index (χ0) is 12.6. The smallest absolute Gasteiger partial charge is 0.183 e. The number of nitrogen functional groups attached to an aromatic ring is 1. The third-order valence-electron chi connectivity index (χ3n) is 2.43. The molecule has 90 valence electrons. The molecule has 7 nitrogen and oxygen atoms in total. The number of carbonyl (C=O) groups excluding carboxylic acids is 1. The van der Waals surface area contributed by atoms with Gasteiger partial charge >= 0.3 is 0 Å². The largest absolute Gasteiger partial charge is 0.383 e. The number of aliphatic hydroxyl groups is 1. The van der Waals surface area contributed by atoms with E-state index in [0.29, 0.717) is 11.2 Å². The number of carbonyl (C=O) groups is 1. The number of rotatable bonds is 3. The van der Waals surface area contributed by atoms with Crippen molar-refractivity contribution in [1.82, 2.24) is 19.5 Å². The summed E-state index contributed by atoms with van der Waals surface area (Å²) in [4.78, 5) is 23.5. The second-order valence-electron chi connectivity index (χ2n) is 4.29. The van der Waals surface area contributed by atoms with E-state index in [2.05, 4.69) is 15.0 Å². The van der Waals surface area contributed by atoms with E-state index in [-0.39, 0.29) is 18.1 Å². The predicted molar refractivity (Wildman–Crippen MR) is 61.0 cm³/mol. The van der Waals surface area contributed by atoms with Gasteiger partial charge in [0, 0.05) is 0 Å². The minimum absolute atomic E-state index is 0.00352. The first-order chi connectivity index (χ1) is 7.89. The molecule has 0 fully saturated rings. The summed E-state index contributed by atoms with van der Waals surface area (Å²) in [6.45, 7) is 2.88. The number of imidazole rings is 1. The molecule has 0 atom stereocenters. The highest BCUT2D eigenvalue weighted by Gasteiger charge is 2.24. The Labute approximate surface area is 97.3 Å². The van der Waals surface area contributed by atoms with Crippen molar-refractivity contribution >= 4 is 22.8 Å². The van der Waals surface area contributed by atoms with E-state index in [0.717, 1.165) is 0 Å². The summed E-state index contributed by atoms with van der Waals surface area (Å²) in [6.07, 6.45) is 2.77. The molecule has 2 heterocycles. The molecule has 0 aliphatic rings. The fraction of sp³-hybridized carbons (Fsp3) is 0.400. The monoisotopic (exact) mass is 235 g/mol. The van der Waals surface area contributed by atoms with E-state index in [1.165, 1.54) is 31.1 Å². The highest BCUT2D eigenvalue weighted by atomic mass is 16.3. The van der Waals surface area contributed by atoms with Gasteiger partial charge in [-0.05, 0) is 13.8 Å². The van der Waals surface area contributed by atoms with Crippen molar-refractivity contribution in [3.8, 4) is 0 Å². The van der Waals surface area contributed by atoms with Crippen molar-refractivity contribution < 1.29 is 9.90 Å². The molecule has 2 aromatic heterocycles. The highest BCUT2D eigenvalue weighted by Crippen LogP contribution is 2.15. The van der Waals surface area contributed by atoms with Crippen LogP contribution in [0, 0.1) is 0 Å². The molecular weight excluding hydrogens is 222 g/mol. The Morgan fingerprint density at radius 1 is 1.47 bits per heavy atom. The summed E-state index contributed by atoms with van der Waals surface area (Å²) in [5.74, 6) is -0.0570. The molecular formula is C10H13N5O2. The molecule has 7 heteroatoms. The third kappa shape index (κ3) is 2.09. The average Bonchev–Trinajstić information content (AvgIpc) is 2.62. The van der Waals surface area contributed by atoms with E-state index in [9.17, 15) is 9.90 Å². The first-order valence-electron chi connectivity index (χ1n) is 5.06. The third-order valence-corrected chi connectivity index (χ3v) is 2.43. The maximum absolute atomic E-state index is 11.7. The Bertz CT molecular complexity index is 570. The second-order valence-corrected chi connectivity index (χ2v) is 4.29. The average molecular weight is 235 g/mol. The summed E-state index contributed by atoms with van der Waals surface area (Å²) in [5.41, 5.74) is 5.18. The minimum Gasteiger partial charge on any atom is -0.383 e. The van der Waals surface area contributed by atoms with Gasteiger partial charge in [0.1, 0.15) is 17.4 Å². The summed E-state index contributed by atoms with van der Waals surface area (Å²) in [7, 11) is 0. The molecule has 0 saturated carbocycles. The minimum atomic E-state index is -1.38. The highest BCUT2D eigenvalue weighted by molar-refractivity contribution is 5.88. The van der Waals surface area contributed by atoms with E-state index >= 15 is 0 Å². The fourth-order valence-electron chi connectivity index (χ4n) is 1.36. The molecule has 2 rings (SSSR count). The van der Waals surface area contributed by atoms with Gasteiger partial charge in [-0.15, -0.1) is 0 Å². The fourth-order valence-corrected chi connectivity index (χ4v) is 1.36. The molecule has 2 aromatic rings. The molecule has 0 unspecified atom stereocenters. The zero-order valence-corrected chi connectivity index (χ0v) is 9.58. The van der Waals surface area contributed by atoms with Crippen molar-refractivity contribution in [2.24, 2.45) is 0 Å². The first-order valence-corrected chi connectivity index (χ1v) is 5.06. The van der Waals surface area contributed by atoms with Crippen LogP contribution in [0.1, 0.15) is 13.8 Å². The molecule has 0 saturated heterocycles. The Morgan fingerprint density at radius 3 is 2.82 bits per heavy atom. The lowest BCUT2D eigenvalue weighted by molar-refractivity contribution is -0.134. The number of hydrogen-bond donors (Lipinski definition) is 2. The van der Waals surface area contributed by atoms with Gasteiger partial charge in [0.05, 0.1) is 12.9 Å². The summed E-state index contributed by atoms with van der Waals surface area (Å²) < 4.78 is 1.54. The molecule has 0 radical (unpaired) electrons. The van der Waals surface area contributed by atoms with E-state index in [1.54, 1.807) is 0 Å². The van der Waals surface area contributed by atoms with Crippen molar-refractivity contribution in [3.05, 3.63) is 12.7 Å². The number of fused-ring (bicyclic) bond motifs is 1. The molecule has 0 aliphatic carbocycles. The lowest BCUT2D eigenvalue weighted by Gasteiger charge is -2.15. The van der Waals surface area contributed by atoms with Crippen LogP contribution in [0.4, 0.5) is 5.82 Å². The maximum atomic E-state index is 11.7. The number of nitrogens with zero attached hydrogens (tertiary/aromatic N) is 4. The van der Waals surface area contributed by atoms with E-state index in [4.69, 9.17) is 5.73 Å². The predicted octanol–water partition coefficient (Wildman–Crippen LogP) is -0.252. The first kappa shape index (κ1) is 11.5. The normalized spacial score (nSPS) is 11.9. The number of nitrogens with two attached hydrogens (primary N) is 1. The van der Waals surface area contributed by atoms with Crippen molar-refractivity contribution in [3.63, 3.8) is 0 Å². The molecule has 0 bridgehead atoms. The van der Waals surface area contributed by atoms with Crippen LogP contribution in [-0.4, -0.2) is 36.0 Å². The van der Waals surface area contributed by atoms with Gasteiger partial charge in [-0.2, -0.15) is 0 Å². The lowest BCUT2D eigenvalue weighted by atomic mass is 10.0. The molecule has 0 aliphatic heterocycles. The molecule has 0 amide bonds. The van der Waals surface area contributed by atoms with Crippen LogP contribution in [-0.2, 0) is 11.3 Å². The molecule has 17 heavy (non-hydrogen) atoms. The van der Waals surface area contributed by atoms with Crippen LogP contribution in [0.2, 0.25) is 0 Å². The molecule has 3 N–H and O–H groups in total. The molecule has 0 aromatic carbocycles. The van der Waals surface area contributed by atoms with Gasteiger partial charge in [0.2, 0.25) is 0 Å². The van der Waals surface area contributed by atoms with Crippen molar-refractivity contribution in [1.29, 1.82) is 0 Å². The lowest BCUT2D eigenvalue weighted by Crippen LogP contribution is -2.34. The van der Waals surface area contributed by atoms with Crippen LogP contribution < -0.4 is 5.73 Å². The topological polar surface area (TPSA) is 107 Å². The Balaban J connectivity index is 2.38. The van der Waals surface area contributed by atoms with Gasteiger partial charge in [0.15, 0.2) is 17.2 Å². The van der Waals surface area contributed by atoms with Crippen LogP contribution >= 0.6 is 0 Å². The zero-order valence-electron chi connectivity index (χ0n) is 9.58. The number of hydrogen-bond acceptors (Lipinski definition) is 6. The van der Waals surface area contributed by atoms with Gasteiger partial charge in [-0.1, -0.05) is 0 Å². The number of Topliss-reactive ketones (excluding diaryl/α,β-unsaturated/α-hetero) is 1. The summed E-state index contributed by atoms with van der Waals surface area (Å²) in [5, 5.41) is 9.57. The van der Waals surface area contributed by atoms with Crippen LogP contribution in [0.5, 0.6) is 0 Å². The Kier molecular flexibility index (Phi) is 2.55. The van der Waals surface area contributed by atoms with Crippen molar-refractivity contribution in [2.75, 3.05) is 5.73 Å². The maximum Gasteiger partial charge on any atom is 0.183 e. The number of anilines is 1. The summed E-state index contributed by atoms with van der Waals surface area (Å²) in [6, 6.07) is 0. The second kappa shape index (κ2) is 3.77. The van der Waals surface area contributed by atoms with Crippen LogP contribution in [0.3, 0.4) is 0 Å². The molecule has 0 spiro atoms. The van der Waals surface area contributed by atoms with E-state index < -0.39 is 5.60 Å². The van der Waals surface area contributed by atoms with Gasteiger partial charge < -0.3 is 15.4 Å². The quantitative estimate of drug-likeness (QED) is 0.759. The van der Waals surface area contributed by atoms with Gasteiger partial charge in [0.25, 0.3) is 0 Å². The van der Waals surface area contributed by atoms with Crippen molar-refractivity contribution in [2.45, 2.75) is 26.0 Å². The van der Waals surface area contributed by atoms with E-state index in [1.807, 2.05) is 0 Å². The Hall–Kier alpha value is -2.02. The SMILES string of the molecule is CC(C)(O)C(=O)Cn1cnc2c(N)ncnc21. The van der Waals surface area contributed by atoms with Crippen LogP contribution in [0.15, 0.2) is 12.7 Å². The van der Waals surface area contributed by atoms with Crippen LogP contribution in [0.25, 0.3) is 11.2 Å².